The molecule has 0 unspecified atom stereocenters. The van der Waals surface area contributed by atoms with Crippen LogP contribution in [0.5, 0.6) is 0 Å². The van der Waals surface area contributed by atoms with E-state index in [1.807, 2.05) is 6.07 Å². The van der Waals surface area contributed by atoms with Gasteiger partial charge in [0.1, 0.15) is 5.82 Å². The Bertz CT molecular complexity index is 1250. The molecule has 0 bridgehead atoms. The first-order chi connectivity index (χ1) is 14.7. The molecule has 6 rings (SSSR count). The number of fused-ring (bicyclic) bond motifs is 2. The number of nitrogens with zero attached hydrogens (tertiary/aromatic N) is 4. The van der Waals surface area contributed by atoms with Crippen LogP contribution >= 0.6 is 0 Å². The van der Waals surface area contributed by atoms with Crippen LogP contribution in [0, 0.1) is 5.82 Å². The van der Waals surface area contributed by atoms with E-state index >= 15 is 0 Å². The molecule has 0 saturated carbocycles. The molecular weight excluding hydrogens is 377 g/mol. The van der Waals surface area contributed by atoms with Crippen LogP contribution in [-0.2, 0) is 13.0 Å². The van der Waals surface area contributed by atoms with Gasteiger partial charge in [-0.05, 0) is 41.8 Å². The highest BCUT2D eigenvalue weighted by atomic mass is 19.1. The maximum Gasteiger partial charge on any atom is 0.232 e. The average molecular weight is 395 g/mol. The lowest BCUT2D eigenvalue weighted by molar-refractivity contribution is 0.628. The summed E-state index contributed by atoms with van der Waals surface area (Å²) >= 11 is 0. The van der Waals surface area contributed by atoms with E-state index in [1.165, 1.54) is 34.4 Å². The maximum absolute atomic E-state index is 13.4. The normalized spacial score (nSPS) is 13.7. The van der Waals surface area contributed by atoms with Gasteiger partial charge >= 0.3 is 0 Å². The summed E-state index contributed by atoms with van der Waals surface area (Å²) in [4.78, 5) is 16.2. The average Bonchev–Trinajstić information content (AvgIpc) is 3.19. The van der Waals surface area contributed by atoms with Crippen LogP contribution < -0.4 is 10.2 Å². The van der Waals surface area contributed by atoms with Gasteiger partial charge in [-0.3, -0.25) is 0 Å². The molecule has 1 aromatic heterocycles. The number of anilines is 3. The summed E-state index contributed by atoms with van der Waals surface area (Å²) in [6.45, 7) is 1.59. The van der Waals surface area contributed by atoms with Gasteiger partial charge in [0.2, 0.25) is 11.9 Å². The summed E-state index contributed by atoms with van der Waals surface area (Å²) in [6.07, 6.45) is 0.948. The number of hydrogen-bond donors (Lipinski definition) is 1. The number of halogens is 1. The first-order valence-electron chi connectivity index (χ1n) is 9.99. The van der Waals surface area contributed by atoms with Gasteiger partial charge in [-0.25, -0.2) is 4.39 Å². The van der Waals surface area contributed by atoms with E-state index in [-0.39, 0.29) is 5.82 Å². The number of benzene rings is 3. The summed E-state index contributed by atoms with van der Waals surface area (Å²) in [5.41, 5.74) is 6.88. The van der Waals surface area contributed by atoms with Gasteiger partial charge in [-0.15, -0.1) is 0 Å². The molecule has 30 heavy (non-hydrogen) atoms. The highest BCUT2D eigenvalue weighted by Crippen LogP contribution is 2.49. The van der Waals surface area contributed by atoms with E-state index in [2.05, 4.69) is 51.6 Å². The van der Waals surface area contributed by atoms with Crippen LogP contribution in [0.4, 0.5) is 22.0 Å². The van der Waals surface area contributed by atoms with Crippen molar-refractivity contribution >= 4 is 17.6 Å². The standard InChI is InChI=1S/C24H18FN5/c25-18-10-8-16(9-11-18)22-27-23(26-21-19-6-3-7-20(19)21)29-24(28-22)30-13-12-15-4-1-2-5-17(15)14-30/h1-11H,12-14H2,(H,26,27,28,29). The van der Waals surface area contributed by atoms with Crippen LogP contribution in [0.1, 0.15) is 11.1 Å². The Morgan fingerprint density at radius 1 is 0.800 bits per heavy atom. The van der Waals surface area contributed by atoms with E-state index in [9.17, 15) is 4.39 Å². The predicted octanol–water partition coefficient (Wildman–Crippen LogP) is 4.96. The molecule has 0 amide bonds. The molecule has 0 atom stereocenters. The van der Waals surface area contributed by atoms with Crippen molar-refractivity contribution < 1.29 is 4.39 Å². The second-order valence-electron chi connectivity index (χ2n) is 7.58. The maximum atomic E-state index is 13.4. The molecule has 3 aliphatic rings. The van der Waals surface area contributed by atoms with Gasteiger partial charge in [0.05, 0.1) is 5.69 Å². The van der Waals surface area contributed by atoms with E-state index in [0.717, 1.165) is 30.8 Å². The van der Waals surface area contributed by atoms with Gasteiger partial charge in [0.25, 0.3) is 0 Å². The van der Waals surface area contributed by atoms with Crippen molar-refractivity contribution in [1.29, 1.82) is 0 Å². The van der Waals surface area contributed by atoms with Crippen molar-refractivity contribution in [1.82, 2.24) is 15.0 Å². The molecular formula is C24H18FN5. The number of nitrogens with one attached hydrogen (secondary N) is 1. The molecule has 0 spiro atoms. The van der Waals surface area contributed by atoms with Gasteiger partial charge < -0.3 is 10.2 Å². The molecule has 2 aromatic carbocycles. The number of rotatable bonds is 4. The zero-order chi connectivity index (χ0) is 20.1. The Morgan fingerprint density at radius 2 is 1.57 bits per heavy atom. The molecule has 2 heterocycles. The SMILES string of the molecule is Fc1ccc(-c2nc(Nc3c4cccc3-4)nc(N3CCc4ccccc4C3)n2)cc1. The predicted molar refractivity (Wildman–Crippen MR) is 115 cm³/mol. The lowest BCUT2D eigenvalue weighted by Crippen LogP contribution is -2.32. The van der Waals surface area contributed by atoms with E-state index in [0.29, 0.717) is 17.7 Å². The molecule has 1 N–H and O–H groups in total. The second kappa shape index (κ2) is 6.62. The van der Waals surface area contributed by atoms with Crippen molar-refractivity contribution in [3.8, 4) is 22.5 Å². The number of hydrogen-bond acceptors (Lipinski definition) is 5. The van der Waals surface area contributed by atoms with Gasteiger partial charge in [0, 0.05) is 29.8 Å². The van der Waals surface area contributed by atoms with Crippen LogP contribution in [-0.4, -0.2) is 21.5 Å². The quantitative estimate of drug-likeness (QED) is 0.466. The summed E-state index contributed by atoms with van der Waals surface area (Å²) in [7, 11) is 0. The van der Waals surface area contributed by atoms with Crippen molar-refractivity contribution in [3.63, 3.8) is 0 Å². The van der Waals surface area contributed by atoms with Crippen LogP contribution in [0.2, 0.25) is 0 Å². The number of aromatic nitrogens is 3. The summed E-state index contributed by atoms with van der Waals surface area (Å²) in [5.74, 6) is 1.38. The molecule has 0 radical (unpaired) electrons. The molecule has 146 valence electrons. The fourth-order valence-corrected chi connectivity index (χ4v) is 4.01. The topological polar surface area (TPSA) is 53.9 Å². The lowest BCUT2D eigenvalue weighted by atomic mass is 10.0. The summed E-state index contributed by atoms with van der Waals surface area (Å²) in [6, 6.07) is 20.9. The first-order valence-corrected chi connectivity index (χ1v) is 9.99. The molecule has 2 aliphatic carbocycles. The Balaban J connectivity index is 1.39. The smallest absolute Gasteiger partial charge is 0.232 e. The Kier molecular flexibility index (Phi) is 3.77. The third-order valence-electron chi connectivity index (χ3n) is 5.67. The molecule has 0 saturated heterocycles. The third kappa shape index (κ3) is 2.97. The van der Waals surface area contributed by atoms with Gasteiger partial charge in [0.15, 0.2) is 5.82 Å². The highest BCUT2D eigenvalue weighted by molar-refractivity contribution is 6.06. The van der Waals surface area contributed by atoms with Crippen molar-refractivity contribution in [2.45, 2.75) is 13.0 Å². The monoisotopic (exact) mass is 395 g/mol. The Morgan fingerprint density at radius 3 is 2.37 bits per heavy atom. The zero-order valence-corrected chi connectivity index (χ0v) is 16.1. The summed E-state index contributed by atoms with van der Waals surface area (Å²) < 4.78 is 13.4. The molecule has 5 nitrogen and oxygen atoms in total. The summed E-state index contributed by atoms with van der Waals surface area (Å²) in [5, 5.41) is 3.34. The first kappa shape index (κ1) is 17.1. The molecule has 3 aromatic rings. The van der Waals surface area contributed by atoms with Crippen LogP contribution in [0.3, 0.4) is 0 Å². The minimum Gasteiger partial charge on any atom is -0.336 e. The van der Waals surface area contributed by atoms with Crippen LogP contribution in [0.15, 0.2) is 66.7 Å². The van der Waals surface area contributed by atoms with Gasteiger partial charge in [-0.1, -0.05) is 42.5 Å². The third-order valence-corrected chi connectivity index (χ3v) is 5.67. The van der Waals surface area contributed by atoms with Crippen molar-refractivity contribution in [2.24, 2.45) is 0 Å². The Hall–Kier alpha value is -3.80. The fourth-order valence-electron chi connectivity index (χ4n) is 4.01. The molecule has 6 heteroatoms. The minimum absolute atomic E-state index is 0.282. The molecule has 0 fully saturated rings. The minimum atomic E-state index is -0.282. The Labute approximate surface area is 173 Å². The zero-order valence-electron chi connectivity index (χ0n) is 16.1. The number of para-hydroxylation sites is 1. The largest absolute Gasteiger partial charge is 0.336 e. The van der Waals surface area contributed by atoms with Crippen molar-refractivity contribution in [2.75, 3.05) is 16.8 Å². The lowest BCUT2D eigenvalue weighted by Gasteiger charge is -2.29. The van der Waals surface area contributed by atoms with E-state index in [4.69, 9.17) is 9.97 Å². The van der Waals surface area contributed by atoms with Crippen molar-refractivity contribution in [3.05, 3.63) is 83.7 Å². The van der Waals surface area contributed by atoms with E-state index in [1.54, 1.807) is 12.1 Å². The second-order valence-corrected chi connectivity index (χ2v) is 7.58. The highest BCUT2D eigenvalue weighted by Gasteiger charge is 2.26. The fraction of sp³-hybridized carbons (Fsp3) is 0.125. The van der Waals surface area contributed by atoms with Gasteiger partial charge in [-0.2, -0.15) is 15.0 Å². The van der Waals surface area contributed by atoms with Crippen LogP contribution in [0.25, 0.3) is 22.5 Å². The molecule has 1 aliphatic heterocycles. The van der Waals surface area contributed by atoms with E-state index < -0.39 is 0 Å².